The van der Waals surface area contributed by atoms with Crippen molar-refractivity contribution in [2.45, 2.75) is 56.7 Å². The van der Waals surface area contributed by atoms with E-state index in [0.29, 0.717) is 12.1 Å². The van der Waals surface area contributed by atoms with E-state index in [1.807, 2.05) is 6.92 Å². The van der Waals surface area contributed by atoms with Gasteiger partial charge in [-0.3, -0.25) is 15.0 Å². The van der Waals surface area contributed by atoms with Crippen LogP contribution >= 0.6 is 0 Å². The van der Waals surface area contributed by atoms with E-state index in [-0.39, 0.29) is 5.91 Å². The van der Waals surface area contributed by atoms with Gasteiger partial charge in [0.15, 0.2) is 0 Å². The Balaban J connectivity index is 1.65. The van der Waals surface area contributed by atoms with Gasteiger partial charge >= 0.3 is 0 Å². The summed E-state index contributed by atoms with van der Waals surface area (Å²) in [5.41, 5.74) is 5.06. The Morgan fingerprint density at radius 2 is 2.18 bits per heavy atom. The Morgan fingerprint density at radius 1 is 1.41 bits per heavy atom. The van der Waals surface area contributed by atoms with Crippen molar-refractivity contribution in [2.24, 2.45) is 11.7 Å². The summed E-state index contributed by atoms with van der Waals surface area (Å²) in [6, 6.07) is 1.23. The third-order valence-electron chi connectivity index (χ3n) is 4.69. The minimum atomic E-state index is -0.536. The van der Waals surface area contributed by atoms with Crippen LogP contribution in [0.5, 0.6) is 0 Å². The van der Waals surface area contributed by atoms with Crippen molar-refractivity contribution in [3.63, 3.8) is 0 Å². The van der Waals surface area contributed by atoms with Gasteiger partial charge in [0.05, 0.1) is 0 Å². The van der Waals surface area contributed by atoms with Crippen LogP contribution in [-0.4, -0.2) is 41.5 Å². The van der Waals surface area contributed by atoms with Crippen LogP contribution < -0.4 is 11.1 Å². The number of nitrogens with zero attached hydrogens (tertiary/aromatic N) is 1. The van der Waals surface area contributed by atoms with Crippen molar-refractivity contribution in [3.8, 4) is 0 Å². The van der Waals surface area contributed by atoms with Crippen molar-refractivity contribution in [1.29, 1.82) is 0 Å². The Morgan fingerprint density at radius 3 is 2.65 bits per heavy atom. The van der Waals surface area contributed by atoms with Crippen LogP contribution in [0.2, 0.25) is 0 Å². The van der Waals surface area contributed by atoms with Crippen molar-refractivity contribution in [2.75, 3.05) is 13.1 Å². The Kier molecular flexibility index (Phi) is 2.67. The molecule has 4 nitrogen and oxygen atoms in total. The van der Waals surface area contributed by atoms with E-state index in [1.54, 1.807) is 0 Å². The van der Waals surface area contributed by atoms with Crippen molar-refractivity contribution < 1.29 is 4.79 Å². The van der Waals surface area contributed by atoms with Crippen molar-refractivity contribution in [3.05, 3.63) is 0 Å². The molecule has 0 aromatic carbocycles. The van der Waals surface area contributed by atoms with Crippen LogP contribution in [0.25, 0.3) is 0 Å². The first-order valence-corrected chi connectivity index (χ1v) is 6.88. The molecule has 3 atom stereocenters. The normalized spacial score (nSPS) is 36.1. The van der Waals surface area contributed by atoms with E-state index in [2.05, 4.69) is 10.2 Å². The van der Waals surface area contributed by atoms with Gasteiger partial charge in [0.25, 0.3) is 0 Å². The predicted octanol–water partition coefficient (Wildman–Crippen LogP) is 0.467. The molecule has 3 fully saturated rings. The summed E-state index contributed by atoms with van der Waals surface area (Å²) in [6.45, 7) is 3.93. The molecule has 2 aliphatic carbocycles. The van der Waals surface area contributed by atoms with Crippen molar-refractivity contribution >= 4 is 5.91 Å². The van der Waals surface area contributed by atoms with Crippen LogP contribution in [0.1, 0.15) is 39.0 Å². The Bertz CT molecular complexity index is 329. The monoisotopic (exact) mass is 237 g/mol. The lowest BCUT2D eigenvalue weighted by Gasteiger charge is -2.36. The van der Waals surface area contributed by atoms with E-state index >= 15 is 0 Å². The number of nitrogens with two attached hydrogens (primary N) is 1. The fourth-order valence-corrected chi connectivity index (χ4v) is 3.50. The average molecular weight is 237 g/mol. The van der Waals surface area contributed by atoms with E-state index in [1.165, 1.54) is 38.6 Å². The smallest absolute Gasteiger partial charge is 0.238 e. The highest BCUT2D eigenvalue weighted by Crippen LogP contribution is 2.38. The summed E-state index contributed by atoms with van der Waals surface area (Å²) in [6.07, 6.45) is 6.40. The summed E-state index contributed by atoms with van der Waals surface area (Å²) in [5.74, 6) is 0.672. The topological polar surface area (TPSA) is 58.4 Å². The molecule has 96 valence electrons. The molecule has 1 heterocycles. The lowest BCUT2D eigenvalue weighted by molar-refractivity contribution is -0.124. The summed E-state index contributed by atoms with van der Waals surface area (Å²) >= 11 is 0. The van der Waals surface area contributed by atoms with Gasteiger partial charge in [0.1, 0.15) is 5.54 Å². The number of amides is 1. The number of fused-ring (bicyclic) bond motifs is 2. The van der Waals surface area contributed by atoms with E-state index in [0.717, 1.165) is 12.5 Å². The highest BCUT2D eigenvalue weighted by molar-refractivity contribution is 5.84. The number of piperidine rings is 1. The first-order valence-electron chi connectivity index (χ1n) is 6.88. The van der Waals surface area contributed by atoms with Gasteiger partial charge in [-0.05, 0) is 44.9 Å². The largest absolute Gasteiger partial charge is 0.368 e. The molecular weight excluding hydrogens is 214 g/mol. The number of hydrogen-bond acceptors (Lipinski definition) is 3. The van der Waals surface area contributed by atoms with Crippen LogP contribution in [0, 0.1) is 5.92 Å². The number of carbonyl (C=O) groups is 1. The summed E-state index contributed by atoms with van der Waals surface area (Å²) < 4.78 is 0. The third kappa shape index (κ3) is 2.20. The number of rotatable bonds is 5. The van der Waals surface area contributed by atoms with Gasteiger partial charge in [-0.15, -0.1) is 0 Å². The second-order valence-corrected chi connectivity index (χ2v) is 6.38. The fourth-order valence-electron chi connectivity index (χ4n) is 3.50. The first kappa shape index (κ1) is 11.5. The Hall–Kier alpha value is -0.610. The maximum absolute atomic E-state index is 11.7. The highest BCUT2D eigenvalue weighted by Gasteiger charge is 2.44. The van der Waals surface area contributed by atoms with Gasteiger partial charge in [-0.1, -0.05) is 0 Å². The van der Waals surface area contributed by atoms with Crippen LogP contribution in [0.4, 0.5) is 0 Å². The summed E-state index contributed by atoms with van der Waals surface area (Å²) in [5, 5.41) is 3.44. The SMILES string of the molecule is CC(CN1CC2CCC1C2)(NC1CC1)C(N)=O. The number of likely N-dealkylation sites (tertiary alicyclic amines) is 1. The van der Waals surface area contributed by atoms with E-state index in [9.17, 15) is 4.79 Å². The first-order chi connectivity index (χ1) is 8.07. The summed E-state index contributed by atoms with van der Waals surface area (Å²) in [4.78, 5) is 14.2. The molecule has 17 heavy (non-hydrogen) atoms. The lowest BCUT2D eigenvalue weighted by atomic mass is 9.99. The molecule has 3 rings (SSSR count). The molecule has 3 aliphatic rings. The summed E-state index contributed by atoms with van der Waals surface area (Å²) in [7, 11) is 0. The molecule has 1 amide bonds. The molecule has 4 heteroatoms. The lowest BCUT2D eigenvalue weighted by Crippen LogP contribution is -2.61. The zero-order valence-electron chi connectivity index (χ0n) is 10.6. The van der Waals surface area contributed by atoms with E-state index < -0.39 is 5.54 Å². The minimum Gasteiger partial charge on any atom is -0.368 e. The molecule has 3 unspecified atom stereocenters. The van der Waals surface area contributed by atoms with Gasteiger partial charge < -0.3 is 5.73 Å². The molecule has 0 aromatic heterocycles. The standard InChI is InChI=1S/C13H23N3O/c1-13(12(14)17,15-10-3-4-10)8-16-7-9-2-5-11(16)6-9/h9-11,15H,2-8H2,1H3,(H2,14,17). The molecular formula is C13H23N3O. The number of hydrogen-bond donors (Lipinski definition) is 2. The van der Waals surface area contributed by atoms with Gasteiger partial charge in [-0.2, -0.15) is 0 Å². The zero-order chi connectivity index (χ0) is 12.0. The van der Waals surface area contributed by atoms with Crippen molar-refractivity contribution in [1.82, 2.24) is 10.2 Å². The molecule has 2 bridgehead atoms. The number of carbonyl (C=O) groups excluding carboxylic acids is 1. The molecule has 0 radical (unpaired) electrons. The van der Waals surface area contributed by atoms with E-state index in [4.69, 9.17) is 5.73 Å². The molecule has 0 spiro atoms. The fraction of sp³-hybridized carbons (Fsp3) is 0.923. The second-order valence-electron chi connectivity index (χ2n) is 6.38. The highest BCUT2D eigenvalue weighted by atomic mass is 16.1. The molecule has 2 saturated carbocycles. The number of nitrogens with one attached hydrogen (secondary N) is 1. The van der Waals surface area contributed by atoms with Gasteiger partial charge in [-0.25, -0.2) is 0 Å². The second kappa shape index (κ2) is 3.95. The quantitative estimate of drug-likeness (QED) is 0.730. The molecule has 3 N–H and O–H groups in total. The minimum absolute atomic E-state index is 0.202. The predicted molar refractivity (Wildman–Crippen MR) is 66.5 cm³/mol. The van der Waals surface area contributed by atoms with Crippen LogP contribution in [0.15, 0.2) is 0 Å². The maximum Gasteiger partial charge on any atom is 0.238 e. The maximum atomic E-state index is 11.7. The van der Waals surface area contributed by atoms with Crippen LogP contribution in [-0.2, 0) is 4.79 Å². The average Bonchev–Trinajstić information content (AvgIpc) is 2.84. The molecule has 1 saturated heterocycles. The van der Waals surface area contributed by atoms with Crippen LogP contribution in [0.3, 0.4) is 0 Å². The zero-order valence-corrected chi connectivity index (χ0v) is 10.6. The molecule has 0 aromatic rings. The third-order valence-corrected chi connectivity index (χ3v) is 4.69. The Labute approximate surface area is 103 Å². The van der Waals surface area contributed by atoms with Gasteiger partial charge in [0, 0.05) is 25.2 Å². The molecule has 1 aliphatic heterocycles. The number of primary amides is 1. The van der Waals surface area contributed by atoms with Gasteiger partial charge in [0.2, 0.25) is 5.91 Å².